The zero-order valence-corrected chi connectivity index (χ0v) is 17.1. The number of benzene rings is 2. The summed E-state index contributed by atoms with van der Waals surface area (Å²) in [5.74, 6) is 1.66. The van der Waals surface area contributed by atoms with Crippen LogP contribution in [0.4, 0.5) is 0 Å². The molecule has 0 atom stereocenters. The van der Waals surface area contributed by atoms with Crippen molar-refractivity contribution in [3.05, 3.63) is 53.6 Å². The fourth-order valence-electron chi connectivity index (χ4n) is 2.90. The van der Waals surface area contributed by atoms with Crippen LogP contribution in [0.3, 0.4) is 0 Å². The summed E-state index contributed by atoms with van der Waals surface area (Å²) in [6.07, 6.45) is 0.974. The normalized spacial score (nSPS) is 10.6. The van der Waals surface area contributed by atoms with E-state index in [0.29, 0.717) is 23.9 Å². The molecular formula is C21H25N5O3. The summed E-state index contributed by atoms with van der Waals surface area (Å²) >= 11 is 0. The number of rotatable bonds is 8. The van der Waals surface area contributed by atoms with Gasteiger partial charge in [0.1, 0.15) is 6.54 Å². The van der Waals surface area contributed by atoms with Crippen LogP contribution in [0.5, 0.6) is 11.5 Å². The molecule has 0 unspecified atom stereocenters. The maximum absolute atomic E-state index is 12.6. The lowest BCUT2D eigenvalue weighted by atomic mass is 10.1. The average Bonchev–Trinajstić information content (AvgIpc) is 3.22. The number of carbonyl (C=O) groups excluding carboxylic acids is 1. The lowest BCUT2D eigenvalue weighted by Gasteiger charge is -2.17. The van der Waals surface area contributed by atoms with Gasteiger partial charge in [0.15, 0.2) is 11.5 Å². The Hall–Kier alpha value is -3.42. The van der Waals surface area contributed by atoms with Crippen LogP contribution in [0.2, 0.25) is 0 Å². The zero-order chi connectivity index (χ0) is 20.8. The van der Waals surface area contributed by atoms with E-state index in [1.807, 2.05) is 42.5 Å². The molecule has 3 aromatic rings. The summed E-state index contributed by atoms with van der Waals surface area (Å²) in [4.78, 5) is 15.5. The number of methoxy groups -OCH3 is 2. The number of aromatic nitrogens is 4. The number of hydrogen-bond acceptors (Lipinski definition) is 6. The Labute approximate surface area is 170 Å². The molecule has 0 spiro atoms. The molecule has 1 heterocycles. The van der Waals surface area contributed by atoms with Gasteiger partial charge in [-0.15, -0.1) is 10.2 Å². The quantitative estimate of drug-likeness (QED) is 0.583. The number of nitrogens with zero attached hydrogens (tertiary/aromatic N) is 5. The predicted molar refractivity (Wildman–Crippen MR) is 109 cm³/mol. The largest absolute Gasteiger partial charge is 0.493 e. The van der Waals surface area contributed by atoms with Crippen LogP contribution in [0, 0.1) is 0 Å². The van der Waals surface area contributed by atoms with E-state index in [1.165, 1.54) is 10.4 Å². The van der Waals surface area contributed by atoms with E-state index >= 15 is 0 Å². The van der Waals surface area contributed by atoms with Gasteiger partial charge < -0.3 is 14.4 Å². The number of hydrogen-bond donors (Lipinski definition) is 0. The molecule has 0 aliphatic carbocycles. The second-order valence-electron chi connectivity index (χ2n) is 6.63. The molecule has 29 heavy (non-hydrogen) atoms. The minimum atomic E-state index is -0.120. The van der Waals surface area contributed by atoms with Gasteiger partial charge in [-0.05, 0) is 34.9 Å². The highest BCUT2D eigenvalue weighted by atomic mass is 16.5. The average molecular weight is 395 g/mol. The number of ether oxygens (including phenoxy) is 2. The molecular weight excluding hydrogens is 370 g/mol. The molecule has 0 radical (unpaired) electrons. The minimum Gasteiger partial charge on any atom is -0.493 e. The van der Waals surface area contributed by atoms with Gasteiger partial charge in [-0.1, -0.05) is 37.3 Å². The summed E-state index contributed by atoms with van der Waals surface area (Å²) in [6.45, 7) is 2.55. The van der Waals surface area contributed by atoms with Crippen molar-refractivity contribution < 1.29 is 14.3 Å². The number of likely N-dealkylation sites (N-methyl/N-ethyl adjacent to an activating group) is 1. The van der Waals surface area contributed by atoms with E-state index < -0.39 is 0 Å². The Morgan fingerprint density at radius 1 is 1.03 bits per heavy atom. The summed E-state index contributed by atoms with van der Waals surface area (Å²) < 4.78 is 10.6. The molecule has 8 heteroatoms. The lowest BCUT2D eigenvalue weighted by molar-refractivity contribution is -0.131. The Morgan fingerprint density at radius 3 is 2.38 bits per heavy atom. The Balaban J connectivity index is 1.63. The van der Waals surface area contributed by atoms with Gasteiger partial charge in [0, 0.05) is 19.2 Å². The first-order chi connectivity index (χ1) is 14.0. The summed E-state index contributed by atoms with van der Waals surface area (Å²) in [5.41, 5.74) is 3.05. The van der Waals surface area contributed by atoms with E-state index in [0.717, 1.165) is 17.5 Å². The van der Waals surface area contributed by atoms with Gasteiger partial charge in [-0.2, -0.15) is 4.80 Å². The Bertz CT molecular complexity index is 969. The third kappa shape index (κ3) is 4.90. The molecule has 0 saturated carbocycles. The summed E-state index contributed by atoms with van der Waals surface area (Å²) in [5, 5.41) is 12.4. The minimum absolute atomic E-state index is 0.0177. The van der Waals surface area contributed by atoms with Gasteiger partial charge >= 0.3 is 0 Å². The maximum Gasteiger partial charge on any atom is 0.246 e. The molecule has 0 saturated heterocycles. The van der Waals surface area contributed by atoms with Gasteiger partial charge in [0.2, 0.25) is 11.7 Å². The fraction of sp³-hybridized carbons (Fsp3) is 0.333. The van der Waals surface area contributed by atoms with Crippen LogP contribution in [-0.4, -0.2) is 52.3 Å². The molecule has 3 rings (SSSR count). The summed E-state index contributed by atoms with van der Waals surface area (Å²) in [6, 6.07) is 13.6. The Kier molecular flexibility index (Phi) is 6.43. The molecule has 0 aliphatic heterocycles. The highest BCUT2D eigenvalue weighted by Crippen LogP contribution is 2.28. The smallest absolute Gasteiger partial charge is 0.246 e. The third-order valence-electron chi connectivity index (χ3n) is 4.64. The van der Waals surface area contributed by atoms with E-state index in [4.69, 9.17) is 9.47 Å². The lowest BCUT2D eigenvalue weighted by Crippen LogP contribution is -2.30. The first kappa shape index (κ1) is 20.3. The van der Waals surface area contributed by atoms with Crippen LogP contribution in [-0.2, 0) is 24.3 Å². The fourth-order valence-corrected chi connectivity index (χ4v) is 2.90. The van der Waals surface area contributed by atoms with Gasteiger partial charge in [-0.25, -0.2) is 0 Å². The third-order valence-corrected chi connectivity index (χ3v) is 4.64. The number of amides is 1. The van der Waals surface area contributed by atoms with Crippen molar-refractivity contribution in [2.24, 2.45) is 0 Å². The van der Waals surface area contributed by atoms with Crippen molar-refractivity contribution in [1.82, 2.24) is 25.1 Å². The maximum atomic E-state index is 12.6. The van der Waals surface area contributed by atoms with Gasteiger partial charge in [0.05, 0.1) is 14.2 Å². The molecule has 0 bridgehead atoms. The highest BCUT2D eigenvalue weighted by Gasteiger charge is 2.14. The van der Waals surface area contributed by atoms with Crippen molar-refractivity contribution >= 4 is 5.91 Å². The first-order valence-corrected chi connectivity index (χ1v) is 9.36. The van der Waals surface area contributed by atoms with E-state index in [9.17, 15) is 4.79 Å². The SMILES string of the molecule is CCc1ccc(-c2nnn(CC(=O)N(C)Cc3ccc(OC)c(OC)c3)n2)cc1. The second-order valence-corrected chi connectivity index (χ2v) is 6.63. The van der Waals surface area contributed by atoms with Crippen molar-refractivity contribution in [3.8, 4) is 22.9 Å². The van der Waals surface area contributed by atoms with Crippen molar-refractivity contribution in [1.29, 1.82) is 0 Å². The zero-order valence-electron chi connectivity index (χ0n) is 17.1. The van der Waals surface area contributed by atoms with Crippen molar-refractivity contribution in [2.45, 2.75) is 26.4 Å². The van der Waals surface area contributed by atoms with Gasteiger partial charge in [0.25, 0.3) is 0 Å². The molecule has 2 aromatic carbocycles. The van der Waals surface area contributed by atoms with Crippen LogP contribution >= 0.6 is 0 Å². The van der Waals surface area contributed by atoms with Gasteiger partial charge in [-0.3, -0.25) is 4.79 Å². The standard InChI is InChI=1S/C21H25N5O3/c1-5-15-6-9-17(10-7-15)21-22-24-26(23-21)14-20(27)25(2)13-16-8-11-18(28-3)19(12-16)29-4/h6-12H,5,13-14H2,1-4H3. The number of carbonyl (C=O) groups is 1. The van der Waals surface area contributed by atoms with Crippen LogP contribution in [0.1, 0.15) is 18.1 Å². The number of tetrazole rings is 1. The monoisotopic (exact) mass is 395 g/mol. The number of aryl methyl sites for hydroxylation is 1. The van der Waals surface area contributed by atoms with E-state index in [-0.39, 0.29) is 12.5 Å². The highest BCUT2D eigenvalue weighted by molar-refractivity contribution is 5.75. The molecule has 1 amide bonds. The van der Waals surface area contributed by atoms with Crippen molar-refractivity contribution in [3.63, 3.8) is 0 Å². The molecule has 152 valence electrons. The van der Waals surface area contributed by atoms with E-state index in [2.05, 4.69) is 22.3 Å². The Morgan fingerprint density at radius 2 is 1.72 bits per heavy atom. The topological polar surface area (TPSA) is 82.4 Å². The second kappa shape index (κ2) is 9.18. The molecule has 0 aliphatic rings. The summed E-state index contributed by atoms with van der Waals surface area (Å²) in [7, 11) is 4.91. The first-order valence-electron chi connectivity index (χ1n) is 9.36. The molecule has 0 N–H and O–H groups in total. The predicted octanol–water partition coefficient (Wildman–Crippen LogP) is 2.58. The van der Waals surface area contributed by atoms with Crippen LogP contribution in [0.15, 0.2) is 42.5 Å². The molecule has 8 nitrogen and oxygen atoms in total. The molecule has 0 fully saturated rings. The van der Waals surface area contributed by atoms with Crippen LogP contribution in [0.25, 0.3) is 11.4 Å². The van der Waals surface area contributed by atoms with Crippen LogP contribution < -0.4 is 9.47 Å². The van der Waals surface area contributed by atoms with Crippen molar-refractivity contribution in [2.75, 3.05) is 21.3 Å². The van der Waals surface area contributed by atoms with E-state index in [1.54, 1.807) is 26.2 Å². The molecule has 1 aromatic heterocycles.